The Labute approximate surface area is 104 Å². The van der Waals surface area contributed by atoms with Gasteiger partial charge in [-0.05, 0) is 25.5 Å². The SMILES string of the molecule is CCOC(=O)c1cn2cc(B(O)O)c(C)cc2n1. The fourth-order valence-corrected chi connectivity index (χ4v) is 1.72. The fraction of sp³-hybridized carbons (Fsp3) is 0.273. The predicted molar refractivity (Wildman–Crippen MR) is 65.7 cm³/mol. The van der Waals surface area contributed by atoms with E-state index in [1.165, 1.54) is 12.4 Å². The topological polar surface area (TPSA) is 84.1 Å². The molecule has 0 aliphatic heterocycles. The summed E-state index contributed by atoms with van der Waals surface area (Å²) in [5, 5.41) is 18.4. The van der Waals surface area contributed by atoms with E-state index in [0.717, 1.165) is 0 Å². The van der Waals surface area contributed by atoms with Crippen molar-refractivity contribution in [3.05, 3.63) is 29.7 Å². The van der Waals surface area contributed by atoms with E-state index in [1.54, 1.807) is 24.3 Å². The van der Waals surface area contributed by atoms with E-state index in [1.807, 2.05) is 0 Å². The number of pyridine rings is 1. The van der Waals surface area contributed by atoms with Gasteiger partial charge in [-0.1, -0.05) is 0 Å². The first-order valence-corrected chi connectivity index (χ1v) is 5.55. The average molecular weight is 248 g/mol. The third-order valence-corrected chi connectivity index (χ3v) is 2.60. The maximum Gasteiger partial charge on any atom is 0.490 e. The Hall–Kier alpha value is -1.86. The molecule has 0 aromatic carbocycles. The molecule has 0 aliphatic carbocycles. The van der Waals surface area contributed by atoms with Crippen LogP contribution in [0, 0.1) is 6.92 Å². The average Bonchev–Trinajstić information content (AvgIpc) is 2.70. The highest BCUT2D eigenvalue weighted by Gasteiger charge is 2.17. The van der Waals surface area contributed by atoms with Gasteiger partial charge in [0.2, 0.25) is 0 Å². The van der Waals surface area contributed by atoms with Gasteiger partial charge in [-0.25, -0.2) is 9.78 Å². The number of esters is 1. The van der Waals surface area contributed by atoms with Crippen molar-refractivity contribution >= 4 is 24.2 Å². The molecule has 2 N–H and O–H groups in total. The molecule has 7 heteroatoms. The first kappa shape index (κ1) is 12.6. The van der Waals surface area contributed by atoms with Crippen molar-refractivity contribution in [2.45, 2.75) is 13.8 Å². The highest BCUT2D eigenvalue weighted by molar-refractivity contribution is 6.59. The van der Waals surface area contributed by atoms with Crippen molar-refractivity contribution in [3.8, 4) is 0 Å². The van der Waals surface area contributed by atoms with E-state index in [4.69, 9.17) is 4.74 Å². The molecule has 6 nitrogen and oxygen atoms in total. The number of ether oxygens (including phenoxy) is 1. The van der Waals surface area contributed by atoms with Crippen molar-refractivity contribution in [1.29, 1.82) is 0 Å². The fourth-order valence-electron chi connectivity index (χ4n) is 1.72. The normalized spacial score (nSPS) is 10.7. The van der Waals surface area contributed by atoms with E-state index in [9.17, 15) is 14.8 Å². The van der Waals surface area contributed by atoms with Gasteiger partial charge in [0.15, 0.2) is 5.69 Å². The van der Waals surface area contributed by atoms with Crippen LogP contribution in [-0.4, -0.2) is 39.1 Å². The Balaban J connectivity index is 2.48. The number of carbonyl (C=O) groups excluding carboxylic acids is 1. The van der Waals surface area contributed by atoms with Crippen LogP contribution in [0.3, 0.4) is 0 Å². The molecular weight excluding hydrogens is 235 g/mol. The summed E-state index contributed by atoms with van der Waals surface area (Å²) in [6, 6.07) is 1.68. The van der Waals surface area contributed by atoms with Crippen molar-refractivity contribution in [3.63, 3.8) is 0 Å². The predicted octanol–water partition coefficient (Wildman–Crippen LogP) is -0.501. The van der Waals surface area contributed by atoms with Crippen molar-refractivity contribution in [1.82, 2.24) is 9.38 Å². The van der Waals surface area contributed by atoms with Crippen molar-refractivity contribution < 1.29 is 19.6 Å². The minimum Gasteiger partial charge on any atom is -0.461 e. The number of carbonyl (C=O) groups is 1. The summed E-state index contributed by atoms with van der Waals surface area (Å²) in [6.45, 7) is 3.75. The Bertz CT molecular complexity index is 594. The molecule has 0 fully saturated rings. The lowest BCUT2D eigenvalue weighted by Crippen LogP contribution is -2.32. The largest absolute Gasteiger partial charge is 0.490 e. The van der Waals surface area contributed by atoms with Crippen molar-refractivity contribution in [2.24, 2.45) is 0 Å². The second kappa shape index (κ2) is 4.79. The number of fused-ring (bicyclic) bond motifs is 1. The maximum atomic E-state index is 11.5. The molecule has 2 aromatic rings. The molecule has 0 saturated carbocycles. The molecule has 94 valence electrons. The standard InChI is InChI=1S/C11H13BN2O4/c1-3-18-11(15)9-6-14-5-8(12(16)17)7(2)4-10(14)13-9/h4-6,16-17H,3H2,1-2H3. The molecular formula is C11H13BN2O4. The molecule has 2 rings (SSSR count). The van der Waals surface area contributed by atoms with E-state index in [-0.39, 0.29) is 12.3 Å². The van der Waals surface area contributed by atoms with Crippen LogP contribution in [-0.2, 0) is 4.74 Å². The molecule has 2 aromatic heterocycles. The zero-order chi connectivity index (χ0) is 13.3. The number of hydrogen-bond donors (Lipinski definition) is 2. The van der Waals surface area contributed by atoms with Crippen LogP contribution < -0.4 is 5.46 Å². The van der Waals surface area contributed by atoms with Gasteiger partial charge in [0.05, 0.1) is 6.61 Å². The van der Waals surface area contributed by atoms with E-state index in [2.05, 4.69) is 4.98 Å². The summed E-state index contributed by atoms with van der Waals surface area (Å²) in [6.07, 6.45) is 3.03. The Morgan fingerprint density at radius 2 is 2.22 bits per heavy atom. The van der Waals surface area contributed by atoms with E-state index < -0.39 is 13.1 Å². The van der Waals surface area contributed by atoms with Crippen LogP contribution >= 0.6 is 0 Å². The van der Waals surface area contributed by atoms with E-state index in [0.29, 0.717) is 16.7 Å². The quantitative estimate of drug-likeness (QED) is 0.565. The maximum absolute atomic E-state index is 11.5. The lowest BCUT2D eigenvalue weighted by atomic mass is 9.78. The van der Waals surface area contributed by atoms with Crippen LogP contribution in [0.5, 0.6) is 0 Å². The zero-order valence-corrected chi connectivity index (χ0v) is 10.1. The lowest BCUT2D eigenvalue weighted by molar-refractivity contribution is 0.0520. The number of aromatic nitrogens is 2. The summed E-state index contributed by atoms with van der Waals surface area (Å²) >= 11 is 0. The number of hydrogen-bond acceptors (Lipinski definition) is 5. The van der Waals surface area contributed by atoms with Gasteiger partial charge in [0, 0.05) is 17.9 Å². The van der Waals surface area contributed by atoms with Gasteiger partial charge in [-0.3, -0.25) is 0 Å². The molecule has 0 atom stereocenters. The summed E-state index contributed by atoms with van der Waals surface area (Å²) in [5.41, 5.74) is 1.81. The highest BCUT2D eigenvalue weighted by atomic mass is 16.5. The monoisotopic (exact) mass is 248 g/mol. The van der Waals surface area contributed by atoms with Crippen molar-refractivity contribution in [2.75, 3.05) is 6.61 Å². The van der Waals surface area contributed by atoms with Gasteiger partial charge in [0.1, 0.15) is 5.65 Å². The van der Waals surface area contributed by atoms with Gasteiger partial charge in [-0.2, -0.15) is 0 Å². The number of nitrogens with zero attached hydrogens (tertiary/aromatic N) is 2. The minimum absolute atomic E-state index is 0.195. The Morgan fingerprint density at radius 1 is 1.50 bits per heavy atom. The molecule has 0 bridgehead atoms. The minimum atomic E-state index is -1.55. The Kier molecular flexibility index (Phi) is 3.35. The molecule has 0 spiro atoms. The third-order valence-electron chi connectivity index (χ3n) is 2.60. The summed E-state index contributed by atoms with van der Waals surface area (Å²) in [4.78, 5) is 15.6. The molecule has 18 heavy (non-hydrogen) atoms. The number of imidazole rings is 1. The van der Waals surface area contributed by atoms with Gasteiger partial charge < -0.3 is 19.2 Å². The second-order valence-electron chi connectivity index (χ2n) is 3.90. The molecule has 0 unspecified atom stereocenters. The van der Waals surface area contributed by atoms with Crippen LogP contribution in [0.2, 0.25) is 0 Å². The van der Waals surface area contributed by atoms with Crippen LogP contribution in [0.1, 0.15) is 23.0 Å². The van der Waals surface area contributed by atoms with Gasteiger partial charge in [0.25, 0.3) is 0 Å². The molecule has 0 radical (unpaired) electrons. The first-order chi connectivity index (χ1) is 8.52. The molecule has 2 heterocycles. The lowest BCUT2D eigenvalue weighted by Gasteiger charge is -2.04. The Morgan fingerprint density at radius 3 is 2.83 bits per heavy atom. The van der Waals surface area contributed by atoms with Crippen LogP contribution in [0.25, 0.3) is 5.65 Å². The summed E-state index contributed by atoms with van der Waals surface area (Å²) in [5.74, 6) is -0.495. The summed E-state index contributed by atoms with van der Waals surface area (Å²) < 4.78 is 6.42. The van der Waals surface area contributed by atoms with Crippen LogP contribution in [0.15, 0.2) is 18.5 Å². The molecule has 0 saturated heterocycles. The molecule has 0 aliphatic rings. The second-order valence-corrected chi connectivity index (χ2v) is 3.90. The number of rotatable bonds is 3. The first-order valence-electron chi connectivity index (χ1n) is 5.55. The van der Waals surface area contributed by atoms with Gasteiger partial charge in [-0.15, -0.1) is 0 Å². The van der Waals surface area contributed by atoms with E-state index >= 15 is 0 Å². The zero-order valence-electron chi connectivity index (χ0n) is 10.1. The summed E-state index contributed by atoms with van der Waals surface area (Å²) in [7, 11) is -1.55. The highest BCUT2D eigenvalue weighted by Crippen LogP contribution is 2.08. The third kappa shape index (κ3) is 2.22. The molecule has 0 amide bonds. The number of aryl methyl sites for hydroxylation is 1. The van der Waals surface area contributed by atoms with Crippen LogP contribution in [0.4, 0.5) is 0 Å². The van der Waals surface area contributed by atoms with Gasteiger partial charge >= 0.3 is 13.1 Å². The smallest absolute Gasteiger partial charge is 0.461 e.